The molecule has 132 valence electrons. The second-order valence-corrected chi connectivity index (χ2v) is 9.08. The average molecular weight is 322 g/mol. The monoisotopic (exact) mass is 322 g/mol. The van der Waals surface area contributed by atoms with Crippen LogP contribution in [0.1, 0.15) is 65.7 Å². The standard InChI is InChI=1S/C20H34O3/c1-18(2)9-4-10-19(3)16(18)7-11-20(14-23-20)17(19)6-5-15(13-22)8-12-21/h5,16-17,21-22H,4,6-14H2,1-3H3/b15-5+/t16-,17+,19-,20+/m0/s1. The van der Waals surface area contributed by atoms with E-state index in [-0.39, 0.29) is 18.8 Å². The highest BCUT2D eigenvalue weighted by molar-refractivity contribution is 5.16. The normalized spacial score (nSPS) is 42.6. The topological polar surface area (TPSA) is 53.0 Å². The first kappa shape index (κ1) is 17.4. The van der Waals surface area contributed by atoms with Gasteiger partial charge in [-0.25, -0.2) is 0 Å². The molecule has 4 atom stereocenters. The Morgan fingerprint density at radius 3 is 2.52 bits per heavy atom. The molecule has 0 aromatic heterocycles. The molecule has 3 aliphatic rings. The van der Waals surface area contributed by atoms with E-state index in [4.69, 9.17) is 9.84 Å². The van der Waals surface area contributed by atoms with Gasteiger partial charge < -0.3 is 14.9 Å². The van der Waals surface area contributed by atoms with E-state index in [0.717, 1.165) is 24.5 Å². The summed E-state index contributed by atoms with van der Waals surface area (Å²) in [6.45, 7) is 8.52. The van der Waals surface area contributed by atoms with Crippen LogP contribution in [0.2, 0.25) is 0 Å². The zero-order valence-corrected chi connectivity index (χ0v) is 15.1. The number of allylic oxidation sites excluding steroid dienone is 1. The molecule has 3 nitrogen and oxygen atoms in total. The highest BCUT2D eigenvalue weighted by Crippen LogP contribution is 2.66. The lowest BCUT2D eigenvalue weighted by molar-refractivity contribution is -0.104. The van der Waals surface area contributed by atoms with Gasteiger partial charge in [0.15, 0.2) is 0 Å². The molecule has 2 N–H and O–H groups in total. The van der Waals surface area contributed by atoms with Crippen molar-refractivity contribution in [2.45, 2.75) is 71.3 Å². The molecular formula is C20H34O3. The van der Waals surface area contributed by atoms with Gasteiger partial charge in [0.1, 0.15) is 0 Å². The fraction of sp³-hybridized carbons (Fsp3) is 0.900. The molecule has 0 radical (unpaired) electrons. The summed E-state index contributed by atoms with van der Waals surface area (Å²) >= 11 is 0. The van der Waals surface area contributed by atoms with Gasteiger partial charge in [0.25, 0.3) is 0 Å². The third kappa shape index (κ3) is 3.01. The van der Waals surface area contributed by atoms with Gasteiger partial charge in [0.05, 0.1) is 18.8 Å². The van der Waals surface area contributed by atoms with Gasteiger partial charge in [-0.15, -0.1) is 0 Å². The van der Waals surface area contributed by atoms with Crippen LogP contribution in [0.25, 0.3) is 0 Å². The first-order valence-electron chi connectivity index (χ1n) is 9.41. The number of ether oxygens (including phenoxy) is 1. The smallest absolute Gasteiger partial charge is 0.0952 e. The van der Waals surface area contributed by atoms with E-state index in [9.17, 15) is 5.11 Å². The van der Waals surface area contributed by atoms with E-state index in [1.807, 2.05) is 0 Å². The minimum absolute atomic E-state index is 0.0623. The molecule has 2 saturated carbocycles. The van der Waals surface area contributed by atoms with Crippen LogP contribution in [0.3, 0.4) is 0 Å². The van der Waals surface area contributed by atoms with E-state index in [1.165, 1.54) is 32.1 Å². The Labute approximate surface area is 141 Å². The van der Waals surface area contributed by atoms with Crippen LogP contribution >= 0.6 is 0 Å². The van der Waals surface area contributed by atoms with Crippen molar-refractivity contribution >= 4 is 0 Å². The van der Waals surface area contributed by atoms with Crippen molar-refractivity contribution in [1.82, 2.24) is 0 Å². The fourth-order valence-corrected chi connectivity index (χ4v) is 6.06. The molecule has 0 aromatic carbocycles. The highest BCUT2D eigenvalue weighted by Gasteiger charge is 2.64. The van der Waals surface area contributed by atoms with Crippen LogP contribution in [0, 0.1) is 22.7 Å². The molecule has 3 fully saturated rings. The number of hydrogen-bond acceptors (Lipinski definition) is 3. The minimum atomic E-state index is 0.0623. The highest BCUT2D eigenvalue weighted by atomic mass is 16.6. The lowest BCUT2D eigenvalue weighted by atomic mass is 9.46. The van der Waals surface area contributed by atoms with Gasteiger partial charge in [-0.2, -0.15) is 0 Å². The maximum Gasteiger partial charge on any atom is 0.0952 e. The molecule has 0 unspecified atom stereocenters. The predicted molar refractivity (Wildman–Crippen MR) is 92.1 cm³/mol. The van der Waals surface area contributed by atoms with E-state index in [0.29, 0.717) is 23.2 Å². The molecule has 3 heteroatoms. The number of rotatable bonds is 5. The van der Waals surface area contributed by atoms with Gasteiger partial charge in [0.2, 0.25) is 0 Å². The van der Waals surface area contributed by atoms with Gasteiger partial charge >= 0.3 is 0 Å². The largest absolute Gasteiger partial charge is 0.396 e. The van der Waals surface area contributed by atoms with Crippen molar-refractivity contribution in [2.24, 2.45) is 22.7 Å². The van der Waals surface area contributed by atoms with Crippen LogP contribution in [0.4, 0.5) is 0 Å². The molecular weight excluding hydrogens is 288 g/mol. The third-order valence-corrected chi connectivity index (χ3v) is 7.36. The summed E-state index contributed by atoms with van der Waals surface area (Å²) in [5.74, 6) is 1.32. The quantitative estimate of drug-likeness (QED) is 0.599. The SMILES string of the molecule is CC1(C)CCC[C@@]2(C)[C@H]1CC[C@@]1(CO1)[C@@H]2C/C=C(/CO)CCO. The number of aliphatic hydroxyl groups excluding tert-OH is 2. The van der Waals surface area contributed by atoms with Crippen molar-refractivity contribution in [3.8, 4) is 0 Å². The van der Waals surface area contributed by atoms with E-state index in [1.54, 1.807) is 0 Å². The Kier molecular flexibility index (Phi) is 4.67. The van der Waals surface area contributed by atoms with Crippen LogP contribution in [0.5, 0.6) is 0 Å². The Bertz CT molecular complexity index is 464. The molecule has 1 aliphatic heterocycles. The lowest BCUT2D eigenvalue weighted by Gasteiger charge is -2.59. The second-order valence-electron chi connectivity index (χ2n) is 9.08. The summed E-state index contributed by atoms with van der Waals surface area (Å²) in [4.78, 5) is 0. The number of hydrogen-bond donors (Lipinski definition) is 2. The summed E-state index contributed by atoms with van der Waals surface area (Å²) in [5.41, 5.74) is 1.85. The zero-order chi connectivity index (χ0) is 16.7. The molecule has 1 spiro atoms. The molecule has 0 amide bonds. The van der Waals surface area contributed by atoms with E-state index >= 15 is 0 Å². The van der Waals surface area contributed by atoms with Crippen molar-refractivity contribution in [1.29, 1.82) is 0 Å². The van der Waals surface area contributed by atoms with Crippen LogP contribution in [0.15, 0.2) is 11.6 Å². The molecule has 23 heavy (non-hydrogen) atoms. The zero-order valence-electron chi connectivity index (χ0n) is 15.1. The Morgan fingerprint density at radius 1 is 1.17 bits per heavy atom. The molecule has 0 bridgehead atoms. The Hall–Kier alpha value is -0.380. The van der Waals surface area contributed by atoms with Gasteiger partial charge in [-0.05, 0) is 66.8 Å². The van der Waals surface area contributed by atoms with Crippen molar-refractivity contribution in [3.63, 3.8) is 0 Å². The Balaban J connectivity index is 1.85. The molecule has 2 aliphatic carbocycles. The molecule has 0 aromatic rings. The summed E-state index contributed by atoms with van der Waals surface area (Å²) in [6, 6.07) is 0. The van der Waals surface area contributed by atoms with Gasteiger partial charge in [-0.3, -0.25) is 0 Å². The first-order valence-corrected chi connectivity index (χ1v) is 9.41. The number of fused-ring (bicyclic) bond motifs is 1. The fourth-order valence-electron chi connectivity index (χ4n) is 6.06. The molecule has 1 heterocycles. The minimum Gasteiger partial charge on any atom is -0.396 e. The number of aliphatic hydroxyl groups is 2. The van der Waals surface area contributed by atoms with Gasteiger partial charge in [-0.1, -0.05) is 33.3 Å². The van der Waals surface area contributed by atoms with E-state index in [2.05, 4.69) is 26.8 Å². The van der Waals surface area contributed by atoms with Crippen molar-refractivity contribution < 1.29 is 14.9 Å². The molecule has 1 saturated heterocycles. The molecule has 3 rings (SSSR count). The van der Waals surface area contributed by atoms with Crippen molar-refractivity contribution in [2.75, 3.05) is 19.8 Å². The second kappa shape index (κ2) is 6.16. The summed E-state index contributed by atoms with van der Waals surface area (Å²) in [5, 5.41) is 18.7. The van der Waals surface area contributed by atoms with E-state index < -0.39 is 0 Å². The summed E-state index contributed by atoms with van der Waals surface area (Å²) in [7, 11) is 0. The summed E-state index contributed by atoms with van der Waals surface area (Å²) < 4.78 is 6.02. The average Bonchev–Trinajstić information content (AvgIpc) is 3.24. The Morgan fingerprint density at radius 2 is 1.91 bits per heavy atom. The summed E-state index contributed by atoms with van der Waals surface area (Å²) in [6.07, 6.45) is 10.2. The number of epoxide rings is 1. The maximum absolute atomic E-state index is 9.50. The maximum atomic E-state index is 9.50. The lowest BCUT2D eigenvalue weighted by Crippen LogP contribution is -2.54. The predicted octanol–water partition coefficient (Wildman–Crippen LogP) is 3.69. The van der Waals surface area contributed by atoms with Gasteiger partial charge in [0, 0.05) is 6.61 Å². The van der Waals surface area contributed by atoms with Crippen LogP contribution in [-0.2, 0) is 4.74 Å². The van der Waals surface area contributed by atoms with Crippen molar-refractivity contribution in [3.05, 3.63) is 11.6 Å². The third-order valence-electron chi connectivity index (χ3n) is 7.36. The van der Waals surface area contributed by atoms with Crippen LogP contribution in [-0.4, -0.2) is 35.6 Å². The first-order chi connectivity index (χ1) is 10.9. The van der Waals surface area contributed by atoms with Crippen LogP contribution < -0.4 is 0 Å².